The van der Waals surface area contributed by atoms with Crippen molar-refractivity contribution in [3.8, 4) is 16.2 Å². The van der Waals surface area contributed by atoms with Crippen molar-refractivity contribution in [2.24, 2.45) is 4.99 Å². The average molecular weight is 417 g/mol. The third kappa shape index (κ3) is 5.95. The van der Waals surface area contributed by atoms with Gasteiger partial charge in [-0.1, -0.05) is 0 Å². The monoisotopic (exact) mass is 416 g/mol. The maximum atomic E-state index is 5.47. The molecule has 0 bridgehead atoms. The molecule has 1 aromatic heterocycles. The summed E-state index contributed by atoms with van der Waals surface area (Å²) < 4.78 is 10.7. The lowest BCUT2D eigenvalue weighted by atomic mass is 10.0. The summed E-state index contributed by atoms with van der Waals surface area (Å²) >= 11 is 1.79. The summed E-state index contributed by atoms with van der Waals surface area (Å²) in [5.41, 5.74) is 1.25. The Bertz CT molecular complexity index is 795. The van der Waals surface area contributed by atoms with Crippen molar-refractivity contribution in [3.63, 3.8) is 0 Å². The Hall–Kier alpha value is -2.09. The second-order valence-electron chi connectivity index (χ2n) is 7.69. The smallest absolute Gasteiger partial charge is 0.191 e. The first-order valence-electron chi connectivity index (χ1n) is 10.0. The van der Waals surface area contributed by atoms with E-state index in [1.807, 2.05) is 19.2 Å². The molecule has 0 spiro atoms. The van der Waals surface area contributed by atoms with Gasteiger partial charge in [-0.05, 0) is 55.8 Å². The number of hydrogen-bond acceptors (Lipinski definition) is 5. The molecule has 2 N–H and O–H groups in total. The number of nitrogens with one attached hydrogen (secondary N) is 2. The number of hydrogen-bond donors (Lipinski definition) is 2. The Labute approximate surface area is 177 Å². The molecule has 158 valence electrons. The van der Waals surface area contributed by atoms with Gasteiger partial charge in [0.1, 0.15) is 5.75 Å². The minimum atomic E-state index is 0.0475. The standard InChI is InChI=1S/C22H32N4O2S/c1-22(2,26-11-13-28-14-12-26)16-25-21(23-3)24-15-19-9-10-20(29-19)17-5-7-18(27-4)8-6-17/h5-10H,11-16H2,1-4H3,(H2,23,24,25). The van der Waals surface area contributed by atoms with Crippen molar-refractivity contribution in [3.05, 3.63) is 41.3 Å². The van der Waals surface area contributed by atoms with Crippen molar-refractivity contribution in [1.82, 2.24) is 15.5 Å². The predicted octanol–water partition coefficient (Wildman–Crippen LogP) is 3.20. The number of morpholine rings is 1. The summed E-state index contributed by atoms with van der Waals surface area (Å²) in [6, 6.07) is 12.5. The number of ether oxygens (including phenoxy) is 2. The maximum absolute atomic E-state index is 5.47. The molecule has 1 aromatic carbocycles. The van der Waals surface area contributed by atoms with Gasteiger partial charge in [0, 0.05) is 42.0 Å². The van der Waals surface area contributed by atoms with Crippen LogP contribution in [0.3, 0.4) is 0 Å². The van der Waals surface area contributed by atoms with Crippen LogP contribution in [0.5, 0.6) is 5.75 Å². The summed E-state index contributed by atoms with van der Waals surface area (Å²) in [6.07, 6.45) is 0. The van der Waals surface area contributed by atoms with Gasteiger partial charge in [-0.2, -0.15) is 0 Å². The van der Waals surface area contributed by atoms with Crippen LogP contribution in [-0.2, 0) is 11.3 Å². The summed E-state index contributed by atoms with van der Waals surface area (Å²) in [4.78, 5) is 9.37. The number of aliphatic imine (C=N–C) groups is 1. The molecule has 3 rings (SSSR count). The normalized spacial score (nSPS) is 15.9. The van der Waals surface area contributed by atoms with Gasteiger partial charge in [0.05, 0.1) is 26.9 Å². The second-order valence-corrected chi connectivity index (χ2v) is 8.85. The Morgan fingerprint density at radius 2 is 1.86 bits per heavy atom. The molecule has 1 fully saturated rings. The van der Waals surface area contributed by atoms with Crippen LogP contribution in [0.25, 0.3) is 10.4 Å². The largest absolute Gasteiger partial charge is 0.497 e. The number of nitrogens with zero attached hydrogens (tertiary/aromatic N) is 2. The molecule has 29 heavy (non-hydrogen) atoms. The lowest BCUT2D eigenvalue weighted by Gasteiger charge is -2.41. The Balaban J connectivity index is 1.51. The molecular formula is C22H32N4O2S. The van der Waals surface area contributed by atoms with Gasteiger partial charge >= 0.3 is 0 Å². The number of guanidine groups is 1. The van der Waals surface area contributed by atoms with Gasteiger partial charge in [-0.25, -0.2) is 0 Å². The molecule has 1 aliphatic rings. The summed E-state index contributed by atoms with van der Waals surface area (Å²) in [5, 5.41) is 6.91. The minimum Gasteiger partial charge on any atom is -0.497 e. The molecule has 1 saturated heterocycles. The zero-order valence-electron chi connectivity index (χ0n) is 17.8. The maximum Gasteiger partial charge on any atom is 0.191 e. The van der Waals surface area contributed by atoms with Gasteiger partial charge in [-0.3, -0.25) is 9.89 Å². The highest BCUT2D eigenvalue weighted by atomic mass is 32.1. The van der Waals surface area contributed by atoms with E-state index in [0.29, 0.717) is 0 Å². The molecule has 2 aromatic rings. The molecule has 0 unspecified atom stereocenters. The van der Waals surface area contributed by atoms with Crippen LogP contribution < -0.4 is 15.4 Å². The first-order chi connectivity index (χ1) is 14.0. The summed E-state index contributed by atoms with van der Waals surface area (Å²) in [7, 11) is 3.50. The van der Waals surface area contributed by atoms with Crippen LogP contribution in [0.2, 0.25) is 0 Å². The Morgan fingerprint density at radius 3 is 2.52 bits per heavy atom. The number of methoxy groups -OCH3 is 1. The van der Waals surface area contributed by atoms with Crippen LogP contribution >= 0.6 is 11.3 Å². The van der Waals surface area contributed by atoms with E-state index in [-0.39, 0.29) is 5.54 Å². The highest BCUT2D eigenvalue weighted by Gasteiger charge is 2.28. The molecule has 0 radical (unpaired) electrons. The van der Waals surface area contributed by atoms with E-state index < -0.39 is 0 Å². The van der Waals surface area contributed by atoms with E-state index in [2.05, 4.69) is 58.6 Å². The first-order valence-corrected chi connectivity index (χ1v) is 10.8. The number of thiophene rings is 1. The zero-order chi connectivity index (χ0) is 20.7. The highest BCUT2D eigenvalue weighted by Crippen LogP contribution is 2.29. The fraction of sp³-hybridized carbons (Fsp3) is 0.500. The minimum absolute atomic E-state index is 0.0475. The van der Waals surface area contributed by atoms with E-state index in [1.54, 1.807) is 18.4 Å². The van der Waals surface area contributed by atoms with Crippen LogP contribution in [0.4, 0.5) is 0 Å². The van der Waals surface area contributed by atoms with Gasteiger partial charge in [-0.15, -0.1) is 11.3 Å². The molecule has 1 aliphatic heterocycles. The molecular weight excluding hydrogens is 384 g/mol. The van der Waals surface area contributed by atoms with E-state index in [1.165, 1.54) is 15.3 Å². The van der Waals surface area contributed by atoms with Crippen LogP contribution in [0, 0.1) is 0 Å². The van der Waals surface area contributed by atoms with Crippen molar-refractivity contribution < 1.29 is 9.47 Å². The Morgan fingerprint density at radius 1 is 1.14 bits per heavy atom. The molecule has 6 nitrogen and oxygen atoms in total. The zero-order valence-corrected chi connectivity index (χ0v) is 18.6. The predicted molar refractivity (Wildman–Crippen MR) is 121 cm³/mol. The third-order valence-corrected chi connectivity index (χ3v) is 6.38. The quantitative estimate of drug-likeness (QED) is 0.536. The summed E-state index contributed by atoms with van der Waals surface area (Å²) in [5.74, 6) is 1.70. The fourth-order valence-corrected chi connectivity index (χ4v) is 4.31. The van der Waals surface area contributed by atoms with Gasteiger partial charge in [0.15, 0.2) is 5.96 Å². The number of rotatable bonds is 7. The topological polar surface area (TPSA) is 58.1 Å². The number of benzene rings is 1. The molecule has 0 amide bonds. The van der Waals surface area contributed by atoms with Crippen molar-refractivity contribution in [2.45, 2.75) is 25.9 Å². The van der Waals surface area contributed by atoms with Gasteiger partial charge in [0.2, 0.25) is 0 Å². The molecule has 0 atom stereocenters. The second kappa shape index (κ2) is 10.1. The lowest BCUT2D eigenvalue weighted by Crippen LogP contribution is -2.56. The molecule has 0 aliphatic carbocycles. The summed E-state index contributed by atoms with van der Waals surface area (Å²) in [6.45, 7) is 9.68. The third-order valence-electron chi connectivity index (χ3n) is 5.25. The van der Waals surface area contributed by atoms with E-state index in [4.69, 9.17) is 9.47 Å². The van der Waals surface area contributed by atoms with Gasteiger partial charge in [0.25, 0.3) is 0 Å². The van der Waals surface area contributed by atoms with E-state index >= 15 is 0 Å². The lowest BCUT2D eigenvalue weighted by molar-refractivity contribution is -0.00834. The van der Waals surface area contributed by atoms with Crippen LogP contribution in [0.1, 0.15) is 18.7 Å². The highest BCUT2D eigenvalue weighted by molar-refractivity contribution is 7.15. The van der Waals surface area contributed by atoms with Crippen molar-refractivity contribution in [1.29, 1.82) is 0 Å². The van der Waals surface area contributed by atoms with Crippen molar-refractivity contribution >= 4 is 17.3 Å². The average Bonchev–Trinajstić information content (AvgIpc) is 3.23. The Kier molecular flexibility index (Phi) is 7.52. The molecule has 7 heteroatoms. The first kappa shape index (κ1) is 21.6. The SMILES string of the molecule is CN=C(NCc1ccc(-c2ccc(OC)cc2)s1)NCC(C)(C)N1CCOCC1. The van der Waals surface area contributed by atoms with Crippen LogP contribution in [0.15, 0.2) is 41.4 Å². The van der Waals surface area contributed by atoms with Crippen LogP contribution in [-0.4, -0.2) is 63.4 Å². The van der Waals surface area contributed by atoms with E-state index in [9.17, 15) is 0 Å². The van der Waals surface area contributed by atoms with E-state index in [0.717, 1.165) is 51.1 Å². The molecule has 2 heterocycles. The molecule has 0 saturated carbocycles. The fourth-order valence-electron chi connectivity index (χ4n) is 3.36. The van der Waals surface area contributed by atoms with Crippen molar-refractivity contribution in [2.75, 3.05) is 47.0 Å². The van der Waals surface area contributed by atoms with Gasteiger partial charge < -0.3 is 20.1 Å².